The molecule has 0 aliphatic carbocycles. The van der Waals surface area contributed by atoms with Crippen molar-refractivity contribution in [2.75, 3.05) is 12.4 Å². The Morgan fingerprint density at radius 1 is 1.07 bits per heavy atom. The zero-order valence-electron chi connectivity index (χ0n) is 24.1. The van der Waals surface area contributed by atoms with Crippen molar-refractivity contribution in [2.24, 2.45) is 5.92 Å². The highest BCUT2D eigenvalue weighted by Gasteiger charge is 2.52. The van der Waals surface area contributed by atoms with E-state index in [0.717, 1.165) is 16.7 Å². The lowest BCUT2D eigenvalue weighted by Crippen LogP contribution is -2.39. The highest BCUT2D eigenvalue weighted by Crippen LogP contribution is 2.45. The van der Waals surface area contributed by atoms with Crippen LogP contribution in [0.4, 0.5) is 10.3 Å². The second-order valence-corrected chi connectivity index (χ2v) is 10.7. The first-order chi connectivity index (χ1) is 20.9. The van der Waals surface area contributed by atoms with Gasteiger partial charge < -0.3 is 14.8 Å². The van der Waals surface area contributed by atoms with Crippen LogP contribution < -0.4 is 15.6 Å². The molecule has 1 aliphatic heterocycles. The Bertz CT molecular complexity index is 1790. The molecule has 0 bridgehead atoms. The van der Waals surface area contributed by atoms with E-state index in [1.54, 1.807) is 14.0 Å². The van der Waals surface area contributed by atoms with E-state index in [2.05, 4.69) is 21.2 Å². The molecular weight excluding hydrogens is 545 g/mol. The molecule has 0 radical (unpaired) electrons. The third kappa shape index (κ3) is 4.55. The van der Waals surface area contributed by atoms with E-state index in [4.69, 9.17) is 20.9 Å². The Labute approximate surface area is 248 Å². The summed E-state index contributed by atoms with van der Waals surface area (Å²) in [5.41, 5.74) is 0.384. The summed E-state index contributed by atoms with van der Waals surface area (Å²) in [6.07, 6.45) is 5.11. The number of benzene rings is 3. The number of aromatic amines is 1. The van der Waals surface area contributed by atoms with E-state index in [1.165, 1.54) is 10.9 Å². The van der Waals surface area contributed by atoms with Crippen molar-refractivity contribution in [2.45, 2.75) is 43.8 Å². The van der Waals surface area contributed by atoms with Crippen LogP contribution in [0, 0.1) is 18.3 Å². The summed E-state index contributed by atoms with van der Waals surface area (Å²) in [7, 11) is 1.62. The van der Waals surface area contributed by atoms with Gasteiger partial charge in [0, 0.05) is 5.92 Å². The molecule has 3 aromatic carbocycles. The molecule has 0 spiro atoms. The number of hydrogen-bond donors (Lipinski definition) is 2. The second-order valence-electron chi connectivity index (χ2n) is 10.7. The van der Waals surface area contributed by atoms with Crippen molar-refractivity contribution in [3.05, 3.63) is 118 Å². The maximum atomic E-state index is 15.7. The number of rotatable bonds is 8. The number of ether oxygens (including phenoxy) is 2. The van der Waals surface area contributed by atoms with Crippen LogP contribution >= 0.6 is 0 Å². The number of methoxy groups -OCH3 is 1. The number of alkyl halides is 1. The Kier molecular flexibility index (Phi) is 7.24. The Balaban J connectivity index is 1.54. The van der Waals surface area contributed by atoms with Crippen LogP contribution in [0.15, 0.2) is 96.1 Å². The van der Waals surface area contributed by atoms with E-state index in [-0.39, 0.29) is 17.1 Å². The predicted molar refractivity (Wildman–Crippen MR) is 164 cm³/mol. The average molecular weight is 578 g/mol. The highest BCUT2D eigenvalue weighted by molar-refractivity contribution is 5.71. The maximum Gasteiger partial charge on any atom is 0.280 e. The summed E-state index contributed by atoms with van der Waals surface area (Å²) in [6.45, 7) is 3.61. The van der Waals surface area contributed by atoms with Gasteiger partial charge in [-0.05, 0) is 35.2 Å². The standard InChI is InChI=1S/C34H32FN5O3/c1-5-33(6-2)22(3)27(35)31(43-33)40-21-36-28-29(40)37-32(38-30(28)41)39-34(23-13-9-7-10-14-23,24-15-11-8-12-16-24)25-17-19-26(42-4)20-18-25/h1,7-22,27,31H,6H2,2-4H3,(H2,37,38,39,41)/t22-,27+,31+,33+/m0/s1. The molecule has 0 saturated carbocycles. The molecule has 1 fully saturated rings. The first kappa shape index (κ1) is 28.2. The van der Waals surface area contributed by atoms with E-state index >= 15 is 4.39 Å². The summed E-state index contributed by atoms with van der Waals surface area (Å²) >= 11 is 0. The van der Waals surface area contributed by atoms with Gasteiger partial charge in [0.05, 0.1) is 13.4 Å². The molecule has 5 aromatic rings. The third-order valence-corrected chi connectivity index (χ3v) is 8.54. The quantitative estimate of drug-likeness (QED) is 0.178. The number of nitrogens with one attached hydrogen (secondary N) is 2. The van der Waals surface area contributed by atoms with Gasteiger partial charge in [0.1, 0.15) is 16.9 Å². The number of imidazole rings is 1. The van der Waals surface area contributed by atoms with Crippen LogP contribution in [0.2, 0.25) is 0 Å². The number of nitrogens with zero attached hydrogens (tertiary/aromatic N) is 3. The molecule has 2 N–H and O–H groups in total. The van der Waals surface area contributed by atoms with Crippen molar-refractivity contribution >= 4 is 17.1 Å². The third-order valence-electron chi connectivity index (χ3n) is 8.54. The highest BCUT2D eigenvalue weighted by atomic mass is 19.1. The molecule has 0 unspecified atom stereocenters. The minimum absolute atomic E-state index is 0.0678. The average Bonchev–Trinajstić information content (AvgIpc) is 3.59. The largest absolute Gasteiger partial charge is 0.497 e. The van der Waals surface area contributed by atoms with Gasteiger partial charge in [-0.2, -0.15) is 4.98 Å². The van der Waals surface area contributed by atoms with Crippen LogP contribution in [-0.2, 0) is 10.3 Å². The van der Waals surface area contributed by atoms with Gasteiger partial charge >= 0.3 is 0 Å². The first-order valence-electron chi connectivity index (χ1n) is 14.2. The Morgan fingerprint density at radius 3 is 2.21 bits per heavy atom. The number of H-pyrrole nitrogens is 1. The normalized spacial score (nSPS) is 21.9. The number of terminal acetylenes is 1. The van der Waals surface area contributed by atoms with Crippen LogP contribution in [-0.4, -0.2) is 38.4 Å². The van der Waals surface area contributed by atoms with Crippen LogP contribution in [0.25, 0.3) is 11.2 Å². The minimum atomic E-state index is -1.43. The predicted octanol–water partition coefficient (Wildman–Crippen LogP) is 5.82. The van der Waals surface area contributed by atoms with Gasteiger partial charge in [0.25, 0.3) is 5.56 Å². The fraction of sp³-hybridized carbons (Fsp3) is 0.265. The lowest BCUT2D eigenvalue weighted by atomic mass is 9.77. The maximum absolute atomic E-state index is 15.7. The van der Waals surface area contributed by atoms with E-state index in [1.807, 2.05) is 91.9 Å². The van der Waals surface area contributed by atoms with Crippen molar-refractivity contribution in [1.29, 1.82) is 0 Å². The molecule has 4 atom stereocenters. The van der Waals surface area contributed by atoms with Gasteiger partial charge in [-0.3, -0.25) is 14.3 Å². The summed E-state index contributed by atoms with van der Waals surface area (Å²) in [5, 5.41) is 3.56. The van der Waals surface area contributed by atoms with Gasteiger partial charge in [0.2, 0.25) is 5.95 Å². The lowest BCUT2D eigenvalue weighted by Gasteiger charge is -2.37. The molecule has 6 rings (SSSR count). The number of anilines is 1. The van der Waals surface area contributed by atoms with E-state index in [0.29, 0.717) is 12.2 Å². The van der Waals surface area contributed by atoms with Crippen molar-refractivity contribution in [3.8, 4) is 18.1 Å². The summed E-state index contributed by atoms with van der Waals surface area (Å²) in [4.78, 5) is 25.3. The molecule has 8 nitrogen and oxygen atoms in total. The van der Waals surface area contributed by atoms with Crippen LogP contribution in [0.3, 0.4) is 0 Å². The van der Waals surface area contributed by atoms with Crippen LogP contribution in [0.1, 0.15) is 43.2 Å². The molecule has 0 amide bonds. The Hall–Kier alpha value is -4.94. The number of halogens is 1. The van der Waals surface area contributed by atoms with Gasteiger partial charge in [-0.25, -0.2) is 9.37 Å². The smallest absolute Gasteiger partial charge is 0.280 e. The number of hydrogen-bond acceptors (Lipinski definition) is 6. The van der Waals surface area contributed by atoms with Crippen molar-refractivity contribution in [1.82, 2.24) is 19.5 Å². The fourth-order valence-electron chi connectivity index (χ4n) is 6.06. The zero-order valence-corrected chi connectivity index (χ0v) is 24.1. The molecule has 43 heavy (non-hydrogen) atoms. The molecule has 1 saturated heterocycles. The monoisotopic (exact) mass is 577 g/mol. The van der Waals surface area contributed by atoms with Gasteiger partial charge in [-0.1, -0.05) is 92.6 Å². The first-order valence-corrected chi connectivity index (χ1v) is 14.2. The topological polar surface area (TPSA) is 94.1 Å². The molecular formula is C34H32FN5O3. The van der Waals surface area contributed by atoms with Crippen LogP contribution in [0.5, 0.6) is 5.75 Å². The van der Waals surface area contributed by atoms with Crippen molar-refractivity contribution in [3.63, 3.8) is 0 Å². The summed E-state index contributed by atoms with van der Waals surface area (Å²) < 4.78 is 28.8. The zero-order chi connectivity index (χ0) is 30.2. The molecule has 3 heterocycles. The van der Waals surface area contributed by atoms with E-state index < -0.39 is 35.0 Å². The summed E-state index contributed by atoms with van der Waals surface area (Å²) in [5.74, 6) is 2.97. The fourth-order valence-corrected chi connectivity index (χ4v) is 6.06. The minimum Gasteiger partial charge on any atom is -0.497 e. The van der Waals surface area contributed by atoms with Gasteiger partial charge in [-0.15, -0.1) is 6.42 Å². The Morgan fingerprint density at radius 2 is 1.67 bits per heavy atom. The number of fused-ring (bicyclic) bond motifs is 1. The molecule has 2 aromatic heterocycles. The molecule has 218 valence electrons. The van der Waals surface area contributed by atoms with Crippen molar-refractivity contribution < 1.29 is 13.9 Å². The number of aromatic nitrogens is 4. The van der Waals surface area contributed by atoms with E-state index in [9.17, 15) is 4.79 Å². The molecule has 9 heteroatoms. The van der Waals surface area contributed by atoms with Gasteiger partial charge in [0.15, 0.2) is 23.6 Å². The second kappa shape index (κ2) is 11.0. The summed E-state index contributed by atoms with van der Waals surface area (Å²) in [6, 6.07) is 27.5. The molecule has 1 aliphatic rings. The lowest BCUT2D eigenvalue weighted by molar-refractivity contribution is -0.0548. The SMILES string of the molecule is C#C[C@]1(CC)O[C@@H](n2cnc3c(=O)[nH]c(NC(c4ccccc4)(c4ccccc4)c4ccc(OC)cc4)nc32)[C@H](F)[C@@H]1C.